The molecule has 0 bridgehead atoms. The molecule has 0 saturated heterocycles. The highest BCUT2D eigenvalue weighted by atomic mass is 32.2. The van der Waals surface area contributed by atoms with Crippen LogP contribution in [0.1, 0.15) is 12.8 Å². The second-order valence-corrected chi connectivity index (χ2v) is 5.08. The van der Waals surface area contributed by atoms with E-state index in [4.69, 9.17) is 0 Å². The van der Waals surface area contributed by atoms with Crippen molar-refractivity contribution in [2.45, 2.75) is 17.7 Å². The maximum atomic E-state index is 11.4. The van der Waals surface area contributed by atoms with Gasteiger partial charge in [-0.05, 0) is 37.0 Å². The van der Waals surface area contributed by atoms with Crippen molar-refractivity contribution < 1.29 is 9.90 Å². The number of phenols is 1. The fourth-order valence-corrected chi connectivity index (χ4v) is 2.13. The predicted octanol–water partition coefficient (Wildman–Crippen LogP) is 2.01. The quantitative estimate of drug-likeness (QED) is 0.770. The van der Waals surface area contributed by atoms with Crippen LogP contribution in [0.15, 0.2) is 29.2 Å². The van der Waals surface area contributed by atoms with Crippen molar-refractivity contribution in [2.75, 3.05) is 12.3 Å². The predicted molar refractivity (Wildman–Crippen MR) is 64.6 cm³/mol. The van der Waals surface area contributed by atoms with Crippen LogP contribution in [0.3, 0.4) is 0 Å². The summed E-state index contributed by atoms with van der Waals surface area (Å²) in [6.45, 7) is 0.819. The monoisotopic (exact) mass is 237 g/mol. The summed E-state index contributed by atoms with van der Waals surface area (Å²) in [6, 6.07) is 6.95. The number of hydrogen-bond donors (Lipinski definition) is 2. The van der Waals surface area contributed by atoms with Gasteiger partial charge in [0.1, 0.15) is 5.75 Å². The minimum Gasteiger partial charge on any atom is -0.508 e. The Morgan fingerprint density at radius 3 is 3.00 bits per heavy atom. The number of amides is 1. The van der Waals surface area contributed by atoms with E-state index in [-0.39, 0.29) is 11.7 Å². The lowest BCUT2D eigenvalue weighted by Gasteiger charge is -2.04. The van der Waals surface area contributed by atoms with Crippen molar-refractivity contribution >= 4 is 17.7 Å². The molecule has 2 N–H and O–H groups in total. The molecule has 1 aliphatic rings. The summed E-state index contributed by atoms with van der Waals surface area (Å²) in [5.74, 6) is 1.44. The van der Waals surface area contributed by atoms with Gasteiger partial charge in [0.05, 0.1) is 5.75 Å². The molecule has 0 atom stereocenters. The molecule has 0 radical (unpaired) electrons. The lowest BCUT2D eigenvalue weighted by atomic mass is 10.3. The Morgan fingerprint density at radius 2 is 2.31 bits per heavy atom. The van der Waals surface area contributed by atoms with Crippen LogP contribution in [0, 0.1) is 5.92 Å². The van der Waals surface area contributed by atoms with Crippen LogP contribution < -0.4 is 5.32 Å². The summed E-state index contributed by atoms with van der Waals surface area (Å²) in [5, 5.41) is 12.2. The van der Waals surface area contributed by atoms with Gasteiger partial charge in [-0.15, -0.1) is 11.8 Å². The fraction of sp³-hybridized carbons (Fsp3) is 0.417. The fourth-order valence-electron chi connectivity index (χ4n) is 1.35. The van der Waals surface area contributed by atoms with Gasteiger partial charge in [-0.3, -0.25) is 4.79 Å². The summed E-state index contributed by atoms with van der Waals surface area (Å²) >= 11 is 1.44. The molecule has 0 aromatic heterocycles. The second-order valence-electron chi connectivity index (χ2n) is 4.03. The number of nitrogens with one attached hydrogen (secondary N) is 1. The van der Waals surface area contributed by atoms with Gasteiger partial charge in [-0.1, -0.05) is 6.07 Å². The molecule has 1 aromatic carbocycles. The molecule has 16 heavy (non-hydrogen) atoms. The Morgan fingerprint density at radius 1 is 1.50 bits per heavy atom. The second kappa shape index (κ2) is 5.25. The molecule has 3 nitrogen and oxygen atoms in total. The third-order valence-corrected chi connectivity index (χ3v) is 3.47. The van der Waals surface area contributed by atoms with Crippen molar-refractivity contribution in [1.82, 2.24) is 5.32 Å². The van der Waals surface area contributed by atoms with Gasteiger partial charge in [0.2, 0.25) is 5.91 Å². The zero-order valence-corrected chi connectivity index (χ0v) is 9.80. The molecule has 1 saturated carbocycles. The van der Waals surface area contributed by atoms with E-state index >= 15 is 0 Å². The van der Waals surface area contributed by atoms with Crippen LogP contribution in [0.2, 0.25) is 0 Å². The summed E-state index contributed by atoms with van der Waals surface area (Å²) in [4.78, 5) is 12.4. The van der Waals surface area contributed by atoms with Gasteiger partial charge in [0.15, 0.2) is 0 Å². The Hall–Kier alpha value is -1.16. The molecular weight excluding hydrogens is 222 g/mol. The molecule has 0 heterocycles. The third-order valence-electron chi connectivity index (χ3n) is 2.47. The highest BCUT2D eigenvalue weighted by Crippen LogP contribution is 2.27. The van der Waals surface area contributed by atoms with Crippen LogP contribution in [-0.4, -0.2) is 23.3 Å². The van der Waals surface area contributed by atoms with E-state index in [1.807, 2.05) is 6.07 Å². The van der Waals surface area contributed by atoms with E-state index in [1.165, 1.54) is 24.6 Å². The van der Waals surface area contributed by atoms with Gasteiger partial charge in [-0.25, -0.2) is 0 Å². The summed E-state index contributed by atoms with van der Waals surface area (Å²) in [7, 11) is 0. The first-order chi connectivity index (χ1) is 7.74. The number of rotatable bonds is 5. The van der Waals surface area contributed by atoms with Crippen LogP contribution in [0.5, 0.6) is 5.75 Å². The van der Waals surface area contributed by atoms with E-state index < -0.39 is 0 Å². The first-order valence-corrected chi connectivity index (χ1v) is 6.41. The minimum absolute atomic E-state index is 0.0697. The highest BCUT2D eigenvalue weighted by Gasteiger charge is 2.21. The Balaban J connectivity index is 1.71. The van der Waals surface area contributed by atoms with E-state index in [9.17, 15) is 9.90 Å². The van der Waals surface area contributed by atoms with Gasteiger partial charge in [-0.2, -0.15) is 0 Å². The molecule has 1 aliphatic carbocycles. The van der Waals surface area contributed by atoms with E-state index in [0.29, 0.717) is 5.75 Å². The summed E-state index contributed by atoms with van der Waals surface area (Å²) in [6.07, 6.45) is 2.50. The van der Waals surface area contributed by atoms with Crippen LogP contribution in [-0.2, 0) is 4.79 Å². The Bertz CT molecular complexity index is 377. The normalized spacial score (nSPS) is 14.8. The number of carbonyl (C=O) groups is 1. The largest absolute Gasteiger partial charge is 0.508 e. The van der Waals surface area contributed by atoms with E-state index in [1.54, 1.807) is 18.2 Å². The van der Waals surface area contributed by atoms with Crippen LogP contribution in [0.25, 0.3) is 0 Å². The van der Waals surface area contributed by atoms with Crippen molar-refractivity contribution in [3.05, 3.63) is 24.3 Å². The number of aromatic hydroxyl groups is 1. The SMILES string of the molecule is O=C(CSc1cccc(O)c1)NCC1CC1. The first-order valence-electron chi connectivity index (χ1n) is 5.42. The maximum Gasteiger partial charge on any atom is 0.230 e. The zero-order chi connectivity index (χ0) is 11.4. The molecule has 1 fully saturated rings. The van der Waals surface area contributed by atoms with Gasteiger partial charge >= 0.3 is 0 Å². The number of benzene rings is 1. The van der Waals surface area contributed by atoms with Gasteiger partial charge < -0.3 is 10.4 Å². The molecule has 0 unspecified atom stereocenters. The highest BCUT2D eigenvalue weighted by molar-refractivity contribution is 8.00. The number of hydrogen-bond acceptors (Lipinski definition) is 3. The average Bonchev–Trinajstić information content (AvgIpc) is 3.07. The number of phenolic OH excluding ortho intramolecular Hbond substituents is 1. The first kappa shape index (κ1) is 11.3. The summed E-state index contributed by atoms with van der Waals surface area (Å²) in [5.41, 5.74) is 0. The molecule has 4 heteroatoms. The molecule has 1 amide bonds. The van der Waals surface area contributed by atoms with Crippen molar-refractivity contribution in [3.8, 4) is 5.75 Å². The Kier molecular flexibility index (Phi) is 3.72. The van der Waals surface area contributed by atoms with Gasteiger partial charge in [0.25, 0.3) is 0 Å². The lowest BCUT2D eigenvalue weighted by molar-refractivity contribution is -0.118. The van der Waals surface area contributed by atoms with E-state index in [2.05, 4.69) is 5.32 Å². The van der Waals surface area contributed by atoms with Crippen molar-refractivity contribution in [2.24, 2.45) is 5.92 Å². The van der Waals surface area contributed by atoms with Crippen LogP contribution in [0.4, 0.5) is 0 Å². The van der Waals surface area contributed by atoms with Crippen molar-refractivity contribution in [3.63, 3.8) is 0 Å². The minimum atomic E-state index is 0.0697. The molecule has 0 spiro atoms. The Labute approximate surface area is 99.2 Å². The maximum absolute atomic E-state index is 11.4. The molecule has 0 aliphatic heterocycles. The smallest absolute Gasteiger partial charge is 0.230 e. The summed E-state index contributed by atoms with van der Waals surface area (Å²) < 4.78 is 0. The van der Waals surface area contributed by atoms with Crippen molar-refractivity contribution in [1.29, 1.82) is 0 Å². The molecular formula is C12H15NO2S. The lowest BCUT2D eigenvalue weighted by Crippen LogP contribution is -2.27. The van der Waals surface area contributed by atoms with E-state index in [0.717, 1.165) is 17.4 Å². The molecule has 86 valence electrons. The molecule has 2 rings (SSSR count). The number of carbonyl (C=O) groups excluding carboxylic acids is 1. The average molecular weight is 237 g/mol. The van der Waals surface area contributed by atoms with Gasteiger partial charge in [0, 0.05) is 11.4 Å². The number of thioether (sulfide) groups is 1. The standard InChI is InChI=1S/C12H15NO2S/c14-10-2-1-3-11(6-10)16-8-12(15)13-7-9-4-5-9/h1-3,6,9,14H,4-5,7-8H2,(H,13,15). The topological polar surface area (TPSA) is 49.3 Å². The molecule has 1 aromatic rings. The third kappa shape index (κ3) is 3.77. The van der Waals surface area contributed by atoms with Crippen LogP contribution >= 0.6 is 11.8 Å². The zero-order valence-electron chi connectivity index (χ0n) is 8.98.